The van der Waals surface area contributed by atoms with Crippen LogP contribution in [0.5, 0.6) is 0 Å². The number of ether oxygens (including phenoxy) is 1. The fourth-order valence-corrected chi connectivity index (χ4v) is 4.03. The van der Waals surface area contributed by atoms with Crippen LogP contribution in [0, 0.1) is 6.92 Å². The van der Waals surface area contributed by atoms with Crippen LogP contribution in [-0.4, -0.2) is 47.6 Å². The number of nitrogens with zero attached hydrogens (tertiary/aromatic N) is 2. The van der Waals surface area contributed by atoms with Gasteiger partial charge in [0, 0.05) is 54.1 Å². The molecule has 1 saturated heterocycles. The topological polar surface area (TPSA) is 46.0 Å². The molecule has 0 saturated carbocycles. The Kier molecular flexibility index (Phi) is 5.51. The van der Waals surface area contributed by atoms with Crippen molar-refractivity contribution in [1.82, 2.24) is 14.6 Å². The minimum Gasteiger partial charge on any atom is -0.459 e. The maximum atomic E-state index is 12.6. The molecule has 1 unspecified atom stereocenters. The Balaban J connectivity index is 2.11. The average Bonchev–Trinajstić information content (AvgIpc) is 2.93. The maximum Gasteiger partial charge on any atom is 0.338 e. The Morgan fingerprint density at radius 3 is 2.56 bits per heavy atom. The van der Waals surface area contributed by atoms with Gasteiger partial charge in [-0.15, -0.1) is 0 Å². The second-order valence-electron chi connectivity index (χ2n) is 6.94. The van der Waals surface area contributed by atoms with E-state index in [0.29, 0.717) is 5.56 Å². The summed E-state index contributed by atoms with van der Waals surface area (Å²) < 4.78 is 8.67. The van der Waals surface area contributed by atoms with E-state index in [0.717, 1.165) is 47.4 Å². The molecule has 0 amide bonds. The number of rotatable bonds is 4. The van der Waals surface area contributed by atoms with Crippen LogP contribution in [0.4, 0.5) is 0 Å². The van der Waals surface area contributed by atoms with E-state index in [-0.39, 0.29) is 18.1 Å². The number of piperazine rings is 1. The van der Waals surface area contributed by atoms with E-state index in [1.165, 1.54) is 0 Å². The number of hydrogen-bond donors (Lipinski definition) is 1. The van der Waals surface area contributed by atoms with Crippen LogP contribution in [0.3, 0.4) is 0 Å². The highest BCUT2D eigenvalue weighted by Crippen LogP contribution is 2.30. The van der Waals surface area contributed by atoms with Gasteiger partial charge in [0.25, 0.3) is 0 Å². The molecule has 0 aliphatic carbocycles. The van der Waals surface area contributed by atoms with Crippen LogP contribution in [0.2, 0.25) is 0 Å². The highest BCUT2D eigenvalue weighted by Gasteiger charge is 2.25. The van der Waals surface area contributed by atoms with E-state index in [1.54, 1.807) is 0 Å². The second kappa shape index (κ2) is 7.48. The lowest BCUT2D eigenvalue weighted by atomic mass is 10.0. The normalized spacial score (nSPS) is 17.2. The number of esters is 1. The van der Waals surface area contributed by atoms with Crippen molar-refractivity contribution in [2.75, 3.05) is 26.2 Å². The second-order valence-corrected chi connectivity index (χ2v) is 7.85. The zero-order valence-electron chi connectivity index (χ0n) is 15.3. The van der Waals surface area contributed by atoms with Gasteiger partial charge in [0.2, 0.25) is 0 Å². The number of carbonyl (C=O) groups excluding carboxylic acids is 1. The minimum atomic E-state index is -0.249. The van der Waals surface area contributed by atoms with Gasteiger partial charge in [0.15, 0.2) is 0 Å². The van der Waals surface area contributed by atoms with Gasteiger partial charge in [0.05, 0.1) is 11.7 Å². The summed E-state index contributed by atoms with van der Waals surface area (Å²) in [4.78, 5) is 15.1. The Morgan fingerprint density at radius 2 is 1.92 bits per heavy atom. The first-order valence-electron chi connectivity index (χ1n) is 8.85. The standard InChI is InChI=1S/C19H26BrN3O2/c1-12(2)25-19(24)17-10-16-9-15(20)11-23(16)18(13(17)3)14(4)22-7-5-21-6-8-22/h9-12,14,21H,5-8H2,1-4H3. The molecule has 1 N–H and O–H groups in total. The summed E-state index contributed by atoms with van der Waals surface area (Å²) in [6, 6.07) is 4.19. The molecule has 5 nitrogen and oxygen atoms in total. The van der Waals surface area contributed by atoms with Gasteiger partial charge in [-0.05, 0) is 61.3 Å². The number of pyridine rings is 1. The fraction of sp³-hybridized carbons (Fsp3) is 0.526. The predicted molar refractivity (Wildman–Crippen MR) is 103 cm³/mol. The molecule has 1 aliphatic rings. The zero-order valence-corrected chi connectivity index (χ0v) is 16.9. The highest BCUT2D eigenvalue weighted by molar-refractivity contribution is 9.10. The summed E-state index contributed by atoms with van der Waals surface area (Å²) in [6.07, 6.45) is 1.95. The fourth-order valence-electron chi connectivity index (χ4n) is 3.59. The molecule has 1 atom stereocenters. The van der Waals surface area contributed by atoms with Crippen LogP contribution in [0.1, 0.15) is 48.4 Å². The Bertz CT molecular complexity index is 779. The van der Waals surface area contributed by atoms with E-state index < -0.39 is 0 Å². The van der Waals surface area contributed by atoms with Crippen molar-refractivity contribution < 1.29 is 9.53 Å². The lowest BCUT2D eigenvalue weighted by Gasteiger charge is -2.34. The molecule has 3 rings (SSSR count). The average molecular weight is 408 g/mol. The van der Waals surface area contributed by atoms with Crippen molar-refractivity contribution in [1.29, 1.82) is 0 Å². The summed E-state index contributed by atoms with van der Waals surface area (Å²) in [6.45, 7) is 12.0. The first-order chi connectivity index (χ1) is 11.9. The van der Waals surface area contributed by atoms with Gasteiger partial charge >= 0.3 is 5.97 Å². The van der Waals surface area contributed by atoms with Crippen molar-refractivity contribution in [3.63, 3.8) is 0 Å². The molecule has 2 aromatic rings. The maximum absolute atomic E-state index is 12.6. The monoisotopic (exact) mass is 407 g/mol. The highest BCUT2D eigenvalue weighted by atomic mass is 79.9. The van der Waals surface area contributed by atoms with E-state index in [9.17, 15) is 4.79 Å². The molecule has 25 heavy (non-hydrogen) atoms. The summed E-state index contributed by atoms with van der Waals surface area (Å²) in [5.41, 5.74) is 3.81. The van der Waals surface area contributed by atoms with E-state index in [2.05, 4.69) is 43.7 Å². The van der Waals surface area contributed by atoms with Gasteiger partial charge in [-0.25, -0.2) is 4.79 Å². The van der Waals surface area contributed by atoms with Crippen molar-refractivity contribution >= 4 is 27.4 Å². The molecule has 136 valence electrons. The smallest absolute Gasteiger partial charge is 0.338 e. The number of aromatic nitrogens is 1. The largest absolute Gasteiger partial charge is 0.459 e. The summed E-state index contributed by atoms with van der Waals surface area (Å²) in [5, 5.41) is 3.40. The van der Waals surface area contributed by atoms with Gasteiger partial charge in [-0.2, -0.15) is 0 Å². The summed E-state index contributed by atoms with van der Waals surface area (Å²) >= 11 is 3.57. The van der Waals surface area contributed by atoms with Gasteiger partial charge in [-0.3, -0.25) is 4.90 Å². The minimum absolute atomic E-state index is 0.129. The van der Waals surface area contributed by atoms with Crippen molar-refractivity contribution in [3.05, 3.63) is 39.6 Å². The third-order valence-corrected chi connectivity index (χ3v) is 5.25. The Hall–Kier alpha value is -1.37. The van der Waals surface area contributed by atoms with Crippen LogP contribution in [-0.2, 0) is 4.74 Å². The number of fused-ring (bicyclic) bond motifs is 1. The number of carbonyl (C=O) groups is 1. The molecule has 2 aromatic heterocycles. The molecule has 3 heterocycles. The molecule has 6 heteroatoms. The SMILES string of the molecule is Cc1c(C(=O)OC(C)C)cc2cc(Br)cn2c1C(C)N1CCNCC1. The quantitative estimate of drug-likeness (QED) is 0.787. The van der Waals surface area contributed by atoms with Crippen molar-refractivity contribution in [2.45, 2.75) is 39.8 Å². The van der Waals surface area contributed by atoms with Gasteiger partial charge < -0.3 is 14.5 Å². The first kappa shape index (κ1) is 18.4. The Morgan fingerprint density at radius 1 is 1.24 bits per heavy atom. The molecule has 0 spiro atoms. The van der Waals surface area contributed by atoms with Gasteiger partial charge in [-0.1, -0.05) is 0 Å². The van der Waals surface area contributed by atoms with E-state index in [1.807, 2.05) is 32.9 Å². The lowest BCUT2D eigenvalue weighted by molar-refractivity contribution is 0.0376. The van der Waals surface area contributed by atoms with Crippen molar-refractivity contribution in [3.8, 4) is 0 Å². The van der Waals surface area contributed by atoms with E-state index in [4.69, 9.17) is 4.74 Å². The molecule has 0 aromatic carbocycles. The van der Waals surface area contributed by atoms with Gasteiger partial charge in [0.1, 0.15) is 0 Å². The number of hydrogen-bond acceptors (Lipinski definition) is 4. The third kappa shape index (κ3) is 3.76. The molecule has 0 radical (unpaired) electrons. The number of halogens is 1. The third-order valence-electron chi connectivity index (χ3n) is 4.81. The predicted octanol–water partition coefficient (Wildman–Crippen LogP) is 3.54. The molecule has 0 bridgehead atoms. The van der Waals surface area contributed by atoms with E-state index >= 15 is 0 Å². The number of nitrogens with one attached hydrogen (secondary N) is 1. The summed E-state index contributed by atoms with van der Waals surface area (Å²) in [7, 11) is 0. The van der Waals surface area contributed by atoms with Crippen LogP contribution >= 0.6 is 15.9 Å². The van der Waals surface area contributed by atoms with Crippen LogP contribution < -0.4 is 5.32 Å². The first-order valence-corrected chi connectivity index (χ1v) is 9.64. The summed E-state index contributed by atoms with van der Waals surface area (Å²) in [5.74, 6) is -0.249. The molecule has 1 aliphatic heterocycles. The molecule has 1 fully saturated rings. The molecular weight excluding hydrogens is 382 g/mol. The Labute approximate surface area is 157 Å². The molecular formula is C19H26BrN3O2. The zero-order chi connectivity index (χ0) is 18.1. The van der Waals surface area contributed by atoms with Crippen LogP contribution in [0.25, 0.3) is 5.52 Å². The van der Waals surface area contributed by atoms with Crippen LogP contribution in [0.15, 0.2) is 22.8 Å². The lowest BCUT2D eigenvalue weighted by Crippen LogP contribution is -2.45. The van der Waals surface area contributed by atoms with Crippen molar-refractivity contribution in [2.24, 2.45) is 0 Å².